The maximum atomic E-state index is 13.3. The number of aryl methyl sites for hydroxylation is 1. The second-order valence-electron chi connectivity index (χ2n) is 8.30. The van der Waals surface area contributed by atoms with Gasteiger partial charge in [0.1, 0.15) is 23.1 Å². The van der Waals surface area contributed by atoms with E-state index in [1.54, 1.807) is 13.3 Å². The molecular weight excluding hydrogens is 418 g/mol. The van der Waals surface area contributed by atoms with Crippen LogP contribution in [0.15, 0.2) is 65.3 Å². The van der Waals surface area contributed by atoms with Gasteiger partial charge >= 0.3 is 6.03 Å². The third-order valence-corrected chi connectivity index (χ3v) is 6.28. The number of piperidine rings is 1. The Labute approximate surface area is 192 Å². The molecule has 1 atom stereocenters. The average molecular weight is 446 g/mol. The number of ether oxygens (including phenoxy) is 1. The summed E-state index contributed by atoms with van der Waals surface area (Å²) in [5.74, 6) is 2.42. The molecule has 5 rings (SSSR count). The molecule has 1 N–H and O–H groups in total. The maximum Gasteiger partial charge on any atom is 0.318 e. The van der Waals surface area contributed by atoms with E-state index in [9.17, 15) is 4.79 Å². The number of carbonyl (C=O) groups is 1. The fourth-order valence-electron chi connectivity index (χ4n) is 4.45. The van der Waals surface area contributed by atoms with Gasteiger partial charge in [-0.05, 0) is 31.0 Å². The third-order valence-electron chi connectivity index (χ3n) is 6.28. The van der Waals surface area contributed by atoms with Crippen LogP contribution in [-0.4, -0.2) is 45.7 Å². The zero-order valence-electron chi connectivity index (χ0n) is 18.8. The van der Waals surface area contributed by atoms with E-state index >= 15 is 0 Å². The van der Waals surface area contributed by atoms with Crippen LogP contribution in [0.25, 0.3) is 11.1 Å². The number of oxazole rings is 1. The van der Waals surface area contributed by atoms with Crippen LogP contribution < -0.4 is 10.1 Å². The van der Waals surface area contributed by atoms with Gasteiger partial charge in [0, 0.05) is 44.0 Å². The monoisotopic (exact) mass is 445 g/mol. The summed E-state index contributed by atoms with van der Waals surface area (Å²) >= 11 is 0. The summed E-state index contributed by atoms with van der Waals surface area (Å²) in [6, 6.07) is 15.0. The quantitative estimate of drug-likeness (QED) is 0.496. The molecule has 8 heteroatoms. The lowest BCUT2D eigenvalue weighted by molar-refractivity contribution is 0.175. The standard InChI is InChI=1S/C25H27N5O3/c1-29-16-13-26-23(29)22(18-7-3-5-9-20(18)32-2)28-25(31)30-14-11-17(12-15-30)24-27-19-8-4-6-10-21(19)33-24/h3-10,13,16-17,22H,11-12,14-15H2,1-2H3,(H,28,31). The van der Waals surface area contributed by atoms with Crippen LogP contribution in [0.1, 0.15) is 42.1 Å². The minimum absolute atomic E-state index is 0.120. The van der Waals surface area contributed by atoms with Crippen LogP contribution >= 0.6 is 0 Å². The molecule has 0 radical (unpaired) electrons. The predicted molar refractivity (Wildman–Crippen MR) is 124 cm³/mol. The molecule has 1 unspecified atom stereocenters. The Morgan fingerprint density at radius 3 is 2.64 bits per heavy atom. The Morgan fingerprint density at radius 1 is 1.15 bits per heavy atom. The summed E-state index contributed by atoms with van der Waals surface area (Å²) in [4.78, 5) is 24.3. The number of imidazole rings is 1. The number of hydrogen-bond acceptors (Lipinski definition) is 5. The van der Waals surface area contributed by atoms with Gasteiger partial charge < -0.3 is 23.9 Å². The Hall–Kier alpha value is -3.81. The lowest BCUT2D eigenvalue weighted by atomic mass is 9.97. The summed E-state index contributed by atoms with van der Waals surface area (Å²) in [5, 5.41) is 3.18. The molecule has 1 aliphatic rings. The number of rotatable bonds is 5. The van der Waals surface area contributed by atoms with Gasteiger partial charge in [-0.15, -0.1) is 0 Å². The van der Waals surface area contributed by atoms with E-state index in [1.807, 2.05) is 71.2 Å². The molecule has 0 saturated carbocycles. The number of urea groups is 1. The van der Waals surface area contributed by atoms with E-state index in [4.69, 9.17) is 9.15 Å². The highest BCUT2D eigenvalue weighted by Crippen LogP contribution is 2.32. The largest absolute Gasteiger partial charge is 0.496 e. The van der Waals surface area contributed by atoms with Crippen LogP contribution in [0.4, 0.5) is 4.79 Å². The zero-order chi connectivity index (χ0) is 22.8. The molecule has 2 aromatic heterocycles. The van der Waals surface area contributed by atoms with Gasteiger partial charge in [-0.3, -0.25) is 0 Å². The van der Waals surface area contributed by atoms with Gasteiger partial charge in [0.2, 0.25) is 0 Å². The van der Waals surface area contributed by atoms with Crippen molar-refractivity contribution in [3.63, 3.8) is 0 Å². The number of fused-ring (bicyclic) bond motifs is 1. The van der Waals surface area contributed by atoms with Crippen molar-refractivity contribution in [3.8, 4) is 5.75 Å². The SMILES string of the molecule is COc1ccccc1C(NC(=O)N1CCC(c2nc3ccccc3o2)CC1)c1nccn1C. The van der Waals surface area contributed by atoms with Crippen molar-refractivity contribution in [2.24, 2.45) is 7.05 Å². The molecule has 0 aliphatic carbocycles. The number of nitrogens with zero attached hydrogens (tertiary/aromatic N) is 4. The van der Waals surface area contributed by atoms with Crippen LogP contribution in [0.3, 0.4) is 0 Å². The molecule has 3 heterocycles. The Bertz CT molecular complexity index is 1220. The summed E-state index contributed by atoms with van der Waals surface area (Å²) in [6.45, 7) is 1.27. The fraction of sp³-hybridized carbons (Fsp3) is 0.320. The number of methoxy groups -OCH3 is 1. The zero-order valence-corrected chi connectivity index (χ0v) is 18.8. The first-order valence-electron chi connectivity index (χ1n) is 11.1. The maximum absolute atomic E-state index is 13.3. The molecule has 4 aromatic rings. The smallest absolute Gasteiger partial charge is 0.318 e. The molecule has 1 fully saturated rings. The number of amides is 2. The number of benzene rings is 2. The van der Waals surface area contributed by atoms with Crippen LogP contribution in [-0.2, 0) is 7.05 Å². The minimum atomic E-state index is -0.427. The molecule has 1 saturated heterocycles. The second kappa shape index (κ2) is 8.97. The lowest BCUT2D eigenvalue weighted by Gasteiger charge is -2.32. The van der Waals surface area contributed by atoms with E-state index in [-0.39, 0.29) is 11.9 Å². The van der Waals surface area contributed by atoms with Crippen molar-refractivity contribution in [3.05, 3.63) is 78.2 Å². The summed E-state index contributed by atoms with van der Waals surface area (Å²) in [6.07, 6.45) is 5.22. The Balaban J connectivity index is 1.31. The molecule has 1 aliphatic heterocycles. The van der Waals surface area contributed by atoms with Gasteiger partial charge in [0.25, 0.3) is 0 Å². The number of likely N-dealkylation sites (tertiary alicyclic amines) is 1. The average Bonchev–Trinajstić information content (AvgIpc) is 3.48. The highest BCUT2D eigenvalue weighted by atomic mass is 16.5. The first-order valence-corrected chi connectivity index (χ1v) is 11.1. The molecule has 0 bridgehead atoms. The minimum Gasteiger partial charge on any atom is -0.496 e. The Kier molecular flexibility index (Phi) is 5.73. The highest BCUT2D eigenvalue weighted by molar-refractivity contribution is 5.75. The van der Waals surface area contributed by atoms with Crippen molar-refractivity contribution < 1.29 is 13.9 Å². The van der Waals surface area contributed by atoms with E-state index < -0.39 is 6.04 Å². The van der Waals surface area contributed by atoms with E-state index in [2.05, 4.69) is 15.3 Å². The molecule has 170 valence electrons. The van der Waals surface area contributed by atoms with Gasteiger partial charge in [0.15, 0.2) is 11.5 Å². The first kappa shape index (κ1) is 21.1. The van der Waals surface area contributed by atoms with Gasteiger partial charge in [-0.25, -0.2) is 14.8 Å². The van der Waals surface area contributed by atoms with Gasteiger partial charge in [0.05, 0.1) is 7.11 Å². The topological polar surface area (TPSA) is 85.4 Å². The van der Waals surface area contributed by atoms with E-state index in [1.165, 1.54) is 0 Å². The summed E-state index contributed by atoms with van der Waals surface area (Å²) < 4.78 is 13.4. The fourth-order valence-corrected chi connectivity index (χ4v) is 4.45. The lowest BCUT2D eigenvalue weighted by Crippen LogP contribution is -2.46. The number of aromatic nitrogens is 3. The normalized spacial score (nSPS) is 15.5. The predicted octanol–water partition coefficient (Wildman–Crippen LogP) is 4.25. The number of nitrogens with one attached hydrogen (secondary N) is 1. The number of para-hydroxylation sites is 3. The van der Waals surface area contributed by atoms with Crippen molar-refractivity contribution in [2.75, 3.05) is 20.2 Å². The van der Waals surface area contributed by atoms with E-state index in [0.717, 1.165) is 41.2 Å². The van der Waals surface area contributed by atoms with Crippen molar-refractivity contribution in [1.29, 1.82) is 0 Å². The second-order valence-corrected chi connectivity index (χ2v) is 8.30. The molecular formula is C25H27N5O3. The number of hydrogen-bond donors (Lipinski definition) is 1. The van der Waals surface area contributed by atoms with Crippen molar-refractivity contribution >= 4 is 17.1 Å². The third kappa shape index (κ3) is 4.16. The van der Waals surface area contributed by atoms with E-state index in [0.29, 0.717) is 18.8 Å². The van der Waals surface area contributed by atoms with Crippen LogP contribution in [0.2, 0.25) is 0 Å². The summed E-state index contributed by atoms with van der Waals surface area (Å²) in [7, 11) is 3.55. The molecule has 8 nitrogen and oxygen atoms in total. The molecule has 2 aromatic carbocycles. The molecule has 2 amide bonds. The van der Waals surface area contributed by atoms with Crippen molar-refractivity contribution in [1.82, 2.24) is 24.8 Å². The summed E-state index contributed by atoms with van der Waals surface area (Å²) in [5.41, 5.74) is 2.55. The Morgan fingerprint density at radius 2 is 1.91 bits per heavy atom. The first-order chi connectivity index (χ1) is 16.1. The van der Waals surface area contributed by atoms with Gasteiger partial charge in [-0.2, -0.15) is 0 Å². The van der Waals surface area contributed by atoms with Crippen LogP contribution in [0.5, 0.6) is 5.75 Å². The highest BCUT2D eigenvalue weighted by Gasteiger charge is 2.30. The van der Waals surface area contributed by atoms with Gasteiger partial charge in [-0.1, -0.05) is 30.3 Å². The van der Waals surface area contributed by atoms with Crippen LogP contribution in [0, 0.1) is 0 Å². The molecule has 33 heavy (non-hydrogen) atoms. The van der Waals surface area contributed by atoms with Crippen molar-refractivity contribution in [2.45, 2.75) is 24.8 Å². The molecule has 0 spiro atoms. The number of carbonyl (C=O) groups excluding carboxylic acids is 1.